The second kappa shape index (κ2) is 5.73. The van der Waals surface area contributed by atoms with Crippen molar-refractivity contribution in [2.75, 3.05) is 11.9 Å². The summed E-state index contributed by atoms with van der Waals surface area (Å²) in [6.07, 6.45) is 1.31. The molecule has 0 saturated heterocycles. The van der Waals surface area contributed by atoms with Crippen LogP contribution >= 0.6 is 0 Å². The highest BCUT2D eigenvalue weighted by Gasteiger charge is 2.26. The third-order valence-electron chi connectivity index (χ3n) is 3.19. The van der Waals surface area contributed by atoms with Crippen LogP contribution in [0.3, 0.4) is 0 Å². The number of amides is 1. The Labute approximate surface area is 111 Å². The van der Waals surface area contributed by atoms with Gasteiger partial charge in [-0.25, -0.2) is 0 Å². The molecule has 0 aromatic heterocycles. The van der Waals surface area contributed by atoms with E-state index in [-0.39, 0.29) is 30.0 Å². The molecule has 2 rings (SSSR count). The summed E-state index contributed by atoms with van der Waals surface area (Å²) >= 11 is 0. The molecule has 0 fully saturated rings. The maximum absolute atomic E-state index is 11.9. The summed E-state index contributed by atoms with van der Waals surface area (Å²) in [5.74, 6) is -0.473. The van der Waals surface area contributed by atoms with Crippen molar-refractivity contribution in [3.05, 3.63) is 23.8 Å². The van der Waals surface area contributed by atoms with E-state index in [0.29, 0.717) is 25.1 Å². The topological polar surface area (TPSA) is 75.6 Å². The number of phenols is 1. The van der Waals surface area contributed by atoms with E-state index in [1.54, 1.807) is 19.1 Å². The average molecular weight is 263 g/mol. The van der Waals surface area contributed by atoms with Crippen molar-refractivity contribution in [2.45, 2.75) is 26.2 Å². The van der Waals surface area contributed by atoms with Crippen LogP contribution in [-0.4, -0.2) is 23.6 Å². The van der Waals surface area contributed by atoms with Gasteiger partial charge in [-0.1, -0.05) is 6.07 Å². The Bertz CT molecular complexity index is 498. The molecular formula is C14H17NO4. The predicted molar refractivity (Wildman–Crippen MR) is 69.8 cm³/mol. The van der Waals surface area contributed by atoms with Gasteiger partial charge in [-0.05, 0) is 31.4 Å². The molecule has 19 heavy (non-hydrogen) atoms. The first-order chi connectivity index (χ1) is 9.10. The number of hydrogen-bond donors (Lipinski definition) is 2. The Morgan fingerprint density at radius 2 is 2.32 bits per heavy atom. The van der Waals surface area contributed by atoms with E-state index in [2.05, 4.69) is 5.32 Å². The number of ether oxygens (including phenoxy) is 1. The molecule has 0 radical (unpaired) electrons. The van der Waals surface area contributed by atoms with Crippen molar-refractivity contribution in [2.24, 2.45) is 5.92 Å². The number of phenolic OH excluding ortho intramolecular Hbond substituents is 1. The number of aromatic hydroxyl groups is 1. The van der Waals surface area contributed by atoms with Crippen molar-refractivity contribution in [1.82, 2.24) is 0 Å². The molecule has 2 N–H and O–H groups in total. The van der Waals surface area contributed by atoms with Crippen molar-refractivity contribution < 1.29 is 19.4 Å². The quantitative estimate of drug-likeness (QED) is 0.813. The summed E-state index contributed by atoms with van der Waals surface area (Å²) in [5, 5.41) is 12.1. The standard InChI is InChI=1S/C14H17NO4/c1-2-19-13(17)6-4-10-7-9-3-5-11(16)8-12(9)15-14(10)18/h3,5,8,10,16H,2,4,6-7H2,1H3,(H,15,18). The van der Waals surface area contributed by atoms with Crippen LogP contribution in [0, 0.1) is 5.92 Å². The minimum atomic E-state index is -0.271. The maximum Gasteiger partial charge on any atom is 0.305 e. The molecule has 102 valence electrons. The van der Waals surface area contributed by atoms with Gasteiger partial charge in [0.15, 0.2) is 0 Å². The van der Waals surface area contributed by atoms with E-state index in [0.717, 1.165) is 5.56 Å². The highest BCUT2D eigenvalue weighted by Crippen LogP contribution is 2.30. The zero-order valence-corrected chi connectivity index (χ0v) is 10.8. The predicted octanol–water partition coefficient (Wildman–Crippen LogP) is 1.85. The number of carbonyl (C=O) groups is 2. The first-order valence-corrected chi connectivity index (χ1v) is 6.38. The largest absolute Gasteiger partial charge is 0.508 e. The van der Waals surface area contributed by atoms with Crippen LogP contribution < -0.4 is 5.32 Å². The van der Waals surface area contributed by atoms with Crippen LogP contribution in [0.4, 0.5) is 5.69 Å². The lowest BCUT2D eigenvalue weighted by atomic mass is 9.89. The van der Waals surface area contributed by atoms with Crippen molar-refractivity contribution in [3.8, 4) is 5.75 Å². The molecule has 1 aromatic rings. The van der Waals surface area contributed by atoms with Crippen LogP contribution in [0.1, 0.15) is 25.3 Å². The number of nitrogens with one attached hydrogen (secondary N) is 1. The second-order valence-corrected chi connectivity index (χ2v) is 4.58. The van der Waals surface area contributed by atoms with Gasteiger partial charge in [0, 0.05) is 24.1 Å². The highest BCUT2D eigenvalue weighted by molar-refractivity contribution is 5.96. The molecule has 0 spiro atoms. The van der Waals surface area contributed by atoms with Crippen LogP contribution in [0.2, 0.25) is 0 Å². The van der Waals surface area contributed by atoms with Gasteiger partial charge >= 0.3 is 5.97 Å². The summed E-state index contributed by atoms with van der Waals surface area (Å²) in [7, 11) is 0. The summed E-state index contributed by atoms with van der Waals surface area (Å²) in [4.78, 5) is 23.2. The normalized spacial score (nSPS) is 17.5. The van der Waals surface area contributed by atoms with Gasteiger partial charge in [-0.15, -0.1) is 0 Å². The van der Waals surface area contributed by atoms with E-state index in [1.165, 1.54) is 6.07 Å². The summed E-state index contributed by atoms with van der Waals surface area (Å²) in [6.45, 7) is 2.12. The van der Waals surface area contributed by atoms with Gasteiger partial charge in [0.05, 0.1) is 6.61 Å². The van der Waals surface area contributed by atoms with Gasteiger partial charge in [-0.3, -0.25) is 9.59 Å². The summed E-state index contributed by atoms with van der Waals surface area (Å²) in [5.41, 5.74) is 1.63. The SMILES string of the molecule is CCOC(=O)CCC1Cc2ccc(O)cc2NC1=O. The van der Waals surface area contributed by atoms with E-state index in [1.807, 2.05) is 0 Å². The fourth-order valence-electron chi connectivity index (χ4n) is 2.21. The van der Waals surface area contributed by atoms with E-state index >= 15 is 0 Å². The smallest absolute Gasteiger partial charge is 0.305 e. The maximum atomic E-state index is 11.9. The van der Waals surface area contributed by atoms with Crippen LogP contribution in [0.5, 0.6) is 5.75 Å². The monoisotopic (exact) mass is 263 g/mol. The third-order valence-corrected chi connectivity index (χ3v) is 3.19. The van der Waals surface area contributed by atoms with Crippen LogP contribution in [-0.2, 0) is 20.7 Å². The minimum Gasteiger partial charge on any atom is -0.508 e. The lowest BCUT2D eigenvalue weighted by Gasteiger charge is -2.24. The number of carbonyl (C=O) groups excluding carboxylic acids is 2. The Balaban J connectivity index is 1.99. The second-order valence-electron chi connectivity index (χ2n) is 4.58. The molecule has 0 bridgehead atoms. The molecule has 0 saturated carbocycles. The molecule has 1 aliphatic heterocycles. The molecule has 5 heteroatoms. The zero-order valence-electron chi connectivity index (χ0n) is 10.8. The third kappa shape index (κ3) is 3.24. The lowest BCUT2D eigenvalue weighted by Crippen LogP contribution is -2.30. The Morgan fingerprint density at radius 3 is 3.05 bits per heavy atom. The summed E-state index contributed by atoms with van der Waals surface area (Å²) < 4.78 is 4.85. The van der Waals surface area contributed by atoms with Crippen molar-refractivity contribution in [3.63, 3.8) is 0 Å². The molecule has 1 amide bonds. The Hall–Kier alpha value is -2.04. The Morgan fingerprint density at radius 1 is 1.53 bits per heavy atom. The number of fused-ring (bicyclic) bond motifs is 1. The molecule has 1 heterocycles. The van der Waals surface area contributed by atoms with E-state index < -0.39 is 0 Å². The first-order valence-electron chi connectivity index (χ1n) is 6.38. The van der Waals surface area contributed by atoms with E-state index in [9.17, 15) is 14.7 Å². The number of rotatable bonds is 4. The molecule has 5 nitrogen and oxygen atoms in total. The van der Waals surface area contributed by atoms with Crippen LogP contribution in [0.15, 0.2) is 18.2 Å². The molecular weight excluding hydrogens is 246 g/mol. The lowest BCUT2D eigenvalue weighted by molar-refractivity contribution is -0.143. The molecule has 1 aliphatic rings. The van der Waals surface area contributed by atoms with Gasteiger partial charge in [-0.2, -0.15) is 0 Å². The number of anilines is 1. The van der Waals surface area contributed by atoms with Crippen molar-refractivity contribution in [1.29, 1.82) is 0 Å². The molecule has 0 aliphatic carbocycles. The van der Waals surface area contributed by atoms with Crippen molar-refractivity contribution >= 4 is 17.6 Å². The van der Waals surface area contributed by atoms with Gasteiger partial charge < -0.3 is 15.2 Å². The minimum absolute atomic E-state index is 0.109. The fourth-order valence-corrected chi connectivity index (χ4v) is 2.21. The van der Waals surface area contributed by atoms with Crippen LogP contribution in [0.25, 0.3) is 0 Å². The van der Waals surface area contributed by atoms with Gasteiger partial charge in [0.25, 0.3) is 0 Å². The molecule has 1 unspecified atom stereocenters. The molecule has 1 aromatic carbocycles. The number of hydrogen-bond acceptors (Lipinski definition) is 4. The average Bonchev–Trinajstić information content (AvgIpc) is 2.36. The first kappa shape index (κ1) is 13.4. The number of benzene rings is 1. The summed E-state index contributed by atoms with van der Waals surface area (Å²) in [6, 6.07) is 4.93. The zero-order chi connectivity index (χ0) is 13.8. The highest BCUT2D eigenvalue weighted by atomic mass is 16.5. The Kier molecular flexibility index (Phi) is 4.04. The van der Waals surface area contributed by atoms with E-state index in [4.69, 9.17) is 4.74 Å². The van der Waals surface area contributed by atoms with Gasteiger partial charge in [0.1, 0.15) is 5.75 Å². The fraction of sp³-hybridized carbons (Fsp3) is 0.429. The van der Waals surface area contributed by atoms with Gasteiger partial charge in [0.2, 0.25) is 5.91 Å². The molecule has 1 atom stereocenters. The number of esters is 1.